The highest BCUT2D eigenvalue weighted by molar-refractivity contribution is 5.10. The third-order valence-corrected chi connectivity index (χ3v) is 3.79. The molecule has 1 aliphatic heterocycles. The van der Waals surface area contributed by atoms with E-state index >= 15 is 0 Å². The summed E-state index contributed by atoms with van der Waals surface area (Å²) in [6.45, 7) is 3.89. The molecule has 19 heavy (non-hydrogen) atoms. The minimum absolute atomic E-state index is 0.352. The largest absolute Gasteiger partial charge is 0.468 e. The number of nitrogens with zero attached hydrogens (tertiary/aromatic N) is 2. The Bertz CT molecular complexity index is 504. The Balaban J connectivity index is 1.80. The first kappa shape index (κ1) is 12.5. The molecule has 0 unspecified atom stereocenters. The fourth-order valence-electron chi connectivity index (χ4n) is 2.84. The van der Waals surface area contributed by atoms with Gasteiger partial charge in [0.1, 0.15) is 17.2 Å². The standard InChI is InChI=1S/C15H20N2O2/c1-12-10-14(16-19-12)15-7-3-2-4-8-17(15)11-13-6-5-9-18-13/h5-6,9-10,15H,2-4,7-8,11H2,1H3/t15-/m1/s1. The summed E-state index contributed by atoms with van der Waals surface area (Å²) in [4.78, 5) is 2.46. The van der Waals surface area contributed by atoms with E-state index in [2.05, 4.69) is 16.1 Å². The third kappa shape index (κ3) is 2.89. The highest BCUT2D eigenvalue weighted by Crippen LogP contribution is 2.31. The van der Waals surface area contributed by atoms with E-state index < -0.39 is 0 Å². The smallest absolute Gasteiger partial charge is 0.133 e. The van der Waals surface area contributed by atoms with Gasteiger partial charge in [-0.05, 0) is 38.4 Å². The maximum absolute atomic E-state index is 5.48. The number of rotatable bonds is 3. The normalized spacial score (nSPS) is 21.4. The Morgan fingerprint density at radius 1 is 1.37 bits per heavy atom. The lowest BCUT2D eigenvalue weighted by atomic mass is 10.1. The molecule has 1 aliphatic rings. The van der Waals surface area contributed by atoms with Crippen molar-refractivity contribution in [1.82, 2.24) is 10.1 Å². The third-order valence-electron chi connectivity index (χ3n) is 3.79. The quantitative estimate of drug-likeness (QED) is 0.844. The molecule has 0 saturated carbocycles. The maximum atomic E-state index is 5.48. The van der Waals surface area contributed by atoms with Gasteiger partial charge in [-0.15, -0.1) is 0 Å². The van der Waals surface area contributed by atoms with Crippen molar-refractivity contribution < 1.29 is 8.94 Å². The molecule has 0 bridgehead atoms. The Hall–Kier alpha value is -1.55. The van der Waals surface area contributed by atoms with Crippen molar-refractivity contribution in [2.45, 2.75) is 45.2 Å². The van der Waals surface area contributed by atoms with Gasteiger partial charge in [-0.1, -0.05) is 18.0 Å². The average Bonchev–Trinajstić information content (AvgIpc) is 2.99. The van der Waals surface area contributed by atoms with Crippen molar-refractivity contribution in [1.29, 1.82) is 0 Å². The first-order valence-electron chi connectivity index (χ1n) is 7.02. The van der Waals surface area contributed by atoms with E-state index in [4.69, 9.17) is 8.94 Å². The fraction of sp³-hybridized carbons (Fsp3) is 0.533. The van der Waals surface area contributed by atoms with Crippen LogP contribution in [0.15, 0.2) is 33.4 Å². The zero-order chi connectivity index (χ0) is 13.1. The van der Waals surface area contributed by atoms with Gasteiger partial charge in [0.05, 0.1) is 18.8 Å². The topological polar surface area (TPSA) is 42.4 Å². The molecule has 0 radical (unpaired) electrons. The van der Waals surface area contributed by atoms with E-state index in [1.54, 1.807) is 6.26 Å². The fourth-order valence-corrected chi connectivity index (χ4v) is 2.84. The molecule has 2 aromatic rings. The van der Waals surface area contributed by atoms with Gasteiger partial charge >= 0.3 is 0 Å². The van der Waals surface area contributed by atoms with Crippen LogP contribution in [0, 0.1) is 6.92 Å². The van der Waals surface area contributed by atoms with Gasteiger partial charge in [-0.3, -0.25) is 4.90 Å². The molecule has 102 valence electrons. The summed E-state index contributed by atoms with van der Waals surface area (Å²) in [6, 6.07) is 6.40. The number of furan rings is 1. The molecule has 4 nitrogen and oxygen atoms in total. The molecule has 3 heterocycles. The molecular formula is C15H20N2O2. The van der Waals surface area contributed by atoms with Crippen LogP contribution in [0.2, 0.25) is 0 Å². The molecule has 1 saturated heterocycles. The lowest BCUT2D eigenvalue weighted by Gasteiger charge is -2.27. The monoisotopic (exact) mass is 260 g/mol. The van der Waals surface area contributed by atoms with Crippen LogP contribution in [0.3, 0.4) is 0 Å². The second-order valence-electron chi connectivity index (χ2n) is 5.28. The van der Waals surface area contributed by atoms with Crippen molar-refractivity contribution in [3.63, 3.8) is 0 Å². The molecule has 1 atom stereocenters. The van der Waals surface area contributed by atoms with E-state index in [0.29, 0.717) is 6.04 Å². The lowest BCUT2D eigenvalue weighted by molar-refractivity contribution is 0.170. The van der Waals surface area contributed by atoms with Gasteiger partial charge in [0, 0.05) is 6.07 Å². The van der Waals surface area contributed by atoms with Gasteiger partial charge < -0.3 is 8.94 Å². The van der Waals surface area contributed by atoms with Gasteiger partial charge in [-0.25, -0.2) is 0 Å². The Morgan fingerprint density at radius 2 is 2.32 bits per heavy atom. The molecule has 0 spiro atoms. The zero-order valence-electron chi connectivity index (χ0n) is 11.3. The molecule has 0 aromatic carbocycles. The van der Waals surface area contributed by atoms with Crippen LogP contribution < -0.4 is 0 Å². The van der Waals surface area contributed by atoms with Crippen molar-refractivity contribution in [3.05, 3.63) is 41.7 Å². The summed E-state index contributed by atoms with van der Waals surface area (Å²) >= 11 is 0. The number of hydrogen-bond donors (Lipinski definition) is 0. The van der Waals surface area contributed by atoms with Gasteiger partial charge in [-0.2, -0.15) is 0 Å². The first-order chi connectivity index (χ1) is 9.33. The molecule has 0 amide bonds. The highest BCUT2D eigenvalue weighted by Gasteiger charge is 2.25. The number of likely N-dealkylation sites (tertiary alicyclic amines) is 1. The van der Waals surface area contributed by atoms with Crippen LogP contribution in [0.1, 0.15) is 48.9 Å². The van der Waals surface area contributed by atoms with Crippen LogP contribution in [0.5, 0.6) is 0 Å². The van der Waals surface area contributed by atoms with Crippen LogP contribution >= 0.6 is 0 Å². The van der Waals surface area contributed by atoms with Gasteiger partial charge in [0.15, 0.2) is 0 Å². The molecule has 0 N–H and O–H groups in total. The second-order valence-corrected chi connectivity index (χ2v) is 5.28. The summed E-state index contributed by atoms with van der Waals surface area (Å²) in [5.41, 5.74) is 1.06. The summed E-state index contributed by atoms with van der Waals surface area (Å²) in [7, 11) is 0. The number of aryl methyl sites for hydroxylation is 1. The van der Waals surface area contributed by atoms with E-state index in [9.17, 15) is 0 Å². The summed E-state index contributed by atoms with van der Waals surface area (Å²) < 4.78 is 10.7. The van der Waals surface area contributed by atoms with Crippen LogP contribution in [-0.4, -0.2) is 16.6 Å². The van der Waals surface area contributed by atoms with Crippen LogP contribution in [0.4, 0.5) is 0 Å². The van der Waals surface area contributed by atoms with Crippen LogP contribution in [0.25, 0.3) is 0 Å². The predicted octanol–water partition coefficient (Wildman–Crippen LogP) is 3.69. The second kappa shape index (κ2) is 5.61. The Morgan fingerprint density at radius 3 is 3.05 bits per heavy atom. The van der Waals surface area contributed by atoms with E-state index in [-0.39, 0.29) is 0 Å². The SMILES string of the molecule is Cc1cc([C@H]2CCCCCN2Cc2ccco2)no1. The van der Waals surface area contributed by atoms with Crippen molar-refractivity contribution in [3.8, 4) is 0 Å². The molecular weight excluding hydrogens is 240 g/mol. The zero-order valence-corrected chi connectivity index (χ0v) is 11.3. The minimum Gasteiger partial charge on any atom is -0.468 e. The molecule has 1 fully saturated rings. The van der Waals surface area contributed by atoms with Crippen LogP contribution in [-0.2, 0) is 6.54 Å². The molecule has 3 rings (SSSR count). The minimum atomic E-state index is 0.352. The molecule has 2 aromatic heterocycles. The van der Waals surface area contributed by atoms with Gasteiger partial charge in [0.2, 0.25) is 0 Å². The highest BCUT2D eigenvalue weighted by atomic mass is 16.5. The maximum Gasteiger partial charge on any atom is 0.133 e. The van der Waals surface area contributed by atoms with Crippen molar-refractivity contribution >= 4 is 0 Å². The Kier molecular flexibility index (Phi) is 3.69. The molecule has 4 heteroatoms. The summed E-state index contributed by atoms with van der Waals surface area (Å²) in [5, 5.41) is 4.21. The summed E-state index contributed by atoms with van der Waals surface area (Å²) in [6.07, 6.45) is 6.68. The van der Waals surface area contributed by atoms with E-state index in [0.717, 1.165) is 36.7 Å². The lowest BCUT2D eigenvalue weighted by Crippen LogP contribution is -2.28. The average molecular weight is 260 g/mol. The Labute approximate surface area is 113 Å². The number of hydrogen-bond acceptors (Lipinski definition) is 4. The van der Waals surface area contributed by atoms with E-state index in [1.165, 1.54) is 19.3 Å². The van der Waals surface area contributed by atoms with Crippen molar-refractivity contribution in [2.24, 2.45) is 0 Å². The predicted molar refractivity (Wildman–Crippen MR) is 71.6 cm³/mol. The first-order valence-corrected chi connectivity index (χ1v) is 7.02. The van der Waals surface area contributed by atoms with E-state index in [1.807, 2.05) is 19.1 Å². The van der Waals surface area contributed by atoms with Gasteiger partial charge in [0.25, 0.3) is 0 Å². The molecule has 0 aliphatic carbocycles. The van der Waals surface area contributed by atoms with Crippen molar-refractivity contribution in [2.75, 3.05) is 6.54 Å². The number of aromatic nitrogens is 1. The summed E-state index contributed by atoms with van der Waals surface area (Å²) in [5.74, 6) is 1.91.